The van der Waals surface area contributed by atoms with Gasteiger partial charge in [-0.2, -0.15) is 5.10 Å². The van der Waals surface area contributed by atoms with E-state index in [2.05, 4.69) is 11.7 Å². The van der Waals surface area contributed by atoms with E-state index in [1.165, 1.54) is 22.9 Å². The molecule has 0 spiro atoms. The van der Waals surface area contributed by atoms with Gasteiger partial charge < -0.3 is 5.11 Å². The molecule has 0 fully saturated rings. The van der Waals surface area contributed by atoms with E-state index in [-0.39, 0.29) is 11.3 Å². The third-order valence-electron chi connectivity index (χ3n) is 2.85. The van der Waals surface area contributed by atoms with Crippen LogP contribution in [0.15, 0.2) is 48.8 Å². The van der Waals surface area contributed by atoms with Crippen LogP contribution in [-0.2, 0) is 4.79 Å². The van der Waals surface area contributed by atoms with Crippen LogP contribution in [0.5, 0.6) is 0 Å². The van der Waals surface area contributed by atoms with Crippen LogP contribution in [-0.4, -0.2) is 20.9 Å². The highest BCUT2D eigenvalue weighted by Crippen LogP contribution is 2.23. The molecule has 5 heteroatoms. The average molecular weight is 272 g/mol. The number of carbonyl (C=O) groups is 1. The second-order valence-corrected chi connectivity index (χ2v) is 4.24. The number of carboxylic acids is 1. The standard InChI is InChI=1S/C15H13FN2O2/c1-10-5-7-13(16)14(18-9-3-8-17-18)12(10)6-4-11(2)15(19)20/h3-9H,2H2,1H3,(H,19,20)/b6-4-. The lowest BCUT2D eigenvalue weighted by atomic mass is 10.0. The molecule has 0 aliphatic heterocycles. The van der Waals surface area contributed by atoms with Gasteiger partial charge in [0.05, 0.1) is 5.57 Å². The molecule has 0 bridgehead atoms. The molecule has 2 aromatic rings. The van der Waals surface area contributed by atoms with Crippen molar-refractivity contribution < 1.29 is 14.3 Å². The summed E-state index contributed by atoms with van der Waals surface area (Å²) in [5.74, 6) is -1.55. The summed E-state index contributed by atoms with van der Waals surface area (Å²) in [5, 5.41) is 12.8. The number of aromatic nitrogens is 2. The number of halogens is 1. The third kappa shape index (κ3) is 2.66. The monoisotopic (exact) mass is 272 g/mol. The van der Waals surface area contributed by atoms with Crippen molar-refractivity contribution in [2.24, 2.45) is 0 Å². The molecule has 1 aromatic carbocycles. The Bertz CT molecular complexity index is 688. The average Bonchev–Trinajstić information content (AvgIpc) is 2.92. The van der Waals surface area contributed by atoms with Crippen LogP contribution in [0.1, 0.15) is 11.1 Å². The largest absolute Gasteiger partial charge is 0.478 e. The van der Waals surface area contributed by atoms with Crippen molar-refractivity contribution in [3.8, 4) is 5.69 Å². The molecule has 20 heavy (non-hydrogen) atoms. The summed E-state index contributed by atoms with van der Waals surface area (Å²) < 4.78 is 15.5. The van der Waals surface area contributed by atoms with Crippen LogP contribution in [0, 0.1) is 12.7 Å². The topological polar surface area (TPSA) is 55.1 Å². The Morgan fingerprint density at radius 1 is 1.50 bits per heavy atom. The fourth-order valence-electron chi connectivity index (χ4n) is 1.78. The second kappa shape index (κ2) is 5.52. The maximum absolute atomic E-state index is 14.0. The van der Waals surface area contributed by atoms with Crippen LogP contribution >= 0.6 is 0 Å². The Kier molecular flexibility index (Phi) is 3.79. The number of carboxylic acid groups (broad SMARTS) is 1. The van der Waals surface area contributed by atoms with Crippen molar-refractivity contribution >= 4 is 12.0 Å². The Morgan fingerprint density at radius 3 is 2.85 bits per heavy atom. The van der Waals surface area contributed by atoms with Gasteiger partial charge in [-0.1, -0.05) is 18.7 Å². The van der Waals surface area contributed by atoms with E-state index in [9.17, 15) is 9.18 Å². The minimum absolute atomic E-state index is 0.0694. The highest BCUT2D eigenvalue weighted by atomic mass is 19.1. The molecule has 1 aromatic heterocycles. The van der Waals surface area contributed by atoms with Gasteiger partial charge in [0.1, 0.15) is 11.5 Å². The Labute approximate surface area is 115 Å². The number of rotatable bonds is 4. The van der Waals surface area contributed by atoms with Gasteiger partial charge in [-0.25, -0.2) is 13.9 Å². The molecule has 1 heterocycles. The smallest absolute Gasteiger partial charge is 0.335 e. The number of hydrogen-bond acceptors (Lipinski definition) is 2. The van der Waals surface area contributed by atoms with Crippen molar-refractivity contribution in [1.29, 1.82) is 0 Å². The van der Waals surface area contributed by atoms with Gasteiger partial charge >= 0.3 is 5.97 Å². The minimum atomic E-state index is -1.11. The lowest BCUT2D eigenvalue weighted by Crippen LogP contribution is -2.03. The van der Waals surface area contributed by atoms with Gasteiger partial charge in [0.2, 0.25) is 0 Å². The molecule has 0 saturated heterocycles. The van der Waals surface area contributed by atoms with Crippen LogP contribution in [0.25, 0.3) is 11.8 Å². The van der Waals surface area contributed by atoms with Gasteiger partial charge in [-0.3, -0.25) is 0 Å². The van der Waals surface area contributed by atoms with Crippen molar-refractivity contribution in [3.05, 3.63) is 65.8 Å². The van der Waals surface area contributed by atoms with Gasteiger partial charge in [-0.05, 0) is 30.7 Å². The lowest BCUT2D eigenvalue weighted by Gasteiger charge is -2.10. The van der Waals surface area contributed by atoms with E-state index in [1.807, 2.05) is 6.92 Å². The molecule has 0 aliphatic rings. The Hall–Kier alpha value is -2.69. The fraction of sp³-hybridized carbons (Fsp3) is 0.0667. The van der Waals surface area contributed by atoms with Crippen molar-refractivity contribution in [3.63, 3.8) is 0 Å². The highest BCUT2D eigenvalue weighted by Gasteiger charge is 2.12. The van der Waals surface area contributed by atoms with Crippen LogP contribution in [0.2, 0.25) is 0 Å². The lowest BCUT2D eigenvalue weighted by molar-refractivity contribution is -0.132. The SMILES string of the molecule is C=C(/C=C\c1c(C)ccc(F)c1-n1cccn1)C(=O)O. The summed E-state index contributed by atoms with van der Waals surface area (Å²) in [6.07, 6.45) is 6.05. The molecule has 0 aliphatic carbocycles. The van der Waals surface area contributed by atoms with Crippen molar-refractivity contribution in [1.82, 2.24) is 9.78 Å². The van der Waals surface area contributed by atoms with Gasteiger partial charge in [0, 0.05) is 18.0 Å². The number of aryl methyl sites for hydroxylation is 1. The van der Waals surface area contributed by atoms with Crippen LogP contribution in [0.4, 0.5) is 4.39 Å². The zero-order valence-corrected chi connectivity index (χ0v) is 10.9. The first kappa shape index (κ1) is 13.7. The normalized spacial score (nSPS) is 10.9. The summed E-state index contributed by atoms with van der Waals surface area (Å²) >= 11 is 0. The first-order valence-electron chi connectivity index (χ1n) is 5.90. The van der Waals surface area contributed by atoms with Crippen LogP contribution < -0.4 is 0 Å². The summed E-state index contributed by atoms with van der Waals surface area (Å²) in [5.41, 5.74) is 1.59. The van der Waals surface area contributed by atoms with Crippen LogP contribution in [0.3, 0.4) is 0 Å². The molecular formula is C15H13FN2O2. The molecule has 2 rings (SSSR count). The first-order chi connectivity index (χ1) is 9.50. The Morgan fingerprint density at radius 2 is 2.25 bits per heavy atom. The minimum Gasteiger partial charge on any atom is -0.478 e. The molecule has 0 saturated carbocycles. The van der Waals surface area contributed by atoms with E-state index in [0.29, 0.717) is 5.56 Å². The van der Waals surface area contributed by atoms with Gasteiger partial charge in [-0.15, -0.1) is 0 Å². The van der Waals surface area contributed by atoms with Crippen molar-refractivity contribution in [2.45, 2.75) is 6.92 Å². The molecule has 0 atom stereocenters. The van der Waals surface area contributed by atoms with E-state index < -0.39 is 11.8 Å². The maximum Gasteiger partial charge on any atom is 0.335 e. The summed E-state index contributed by atoms with van der Waals surface area (Å²) in [4.78, 5) is 10.7. The molecule has 4 nitrogen and oxygen atoms in total. The quantitative estimate of drug-likeness (QED) is 0.687. The molecule has 102 valence electrons. The number of nitrogens with zero attached hydrogens (tertiary/aromatic N) is 2. The molecule has 1 N–H and O–H groups in total. The zero-order valence-electron chi connectivity index (χ0n) is 10.9. The maximum atomic E-state index is 14.0. The van der Waals surface area contributed by atoms with E-state index >= 15 is 0 Å². The molecular weight excluding hydrogens is 259 g/mol. The Balaban J connectivity index is 2.55. The van der Waals surface area contributed by atoms with E-state index in [0.717, 1.165) is 5.56 Å². The predicted molar refractivity (Wildman–Crippen MR) is 74.1 cm³/mol. The van der Waals surface area contributed by atoms with E-state index in [1.54, 1.807) is 24.5 Å². The van der Waals surface area contributed by atoms with E-state index in [4.69, 9.17) is 5.11 Å². The number of benzene rings is 1. The summed E-state index contributed by atoms with van der Waals surface area (Å²) in [6, 6.07) is 4.67. The summed E-state index contributed by atoms with van der Waals surface area (Å²) in [6.45, 7) is 5.23. The third-order valence-corrected chi connectivity index (χ3v) is 2.85. The van der Waals surface area contributed by atoms with Gasteiger partial charge in [0.15, 0.2) is 0 Å². The number of hydrogen-bond donors (Lipinski definition) is 1. The fourth-order valence-corrected chi connectivity index (χ4v) is 1.78. The molecule has 0 unspecified atom stereocenters. The number of aliphatic carboxylic acids is 1. The van der Waals surface area contributed by atoms with Crippen molar-refractivity contribution in [2.75, 3.05) is 0 Å². The first-order valence-corrected chi connectivity index (χ1v) is 5.90. The zero-order chi connectivity index (χ0) is 14.7. The van der Waals surface area contributed by atoms with Gasteiger partial charge in [0.25, 0.3) is 0 Å². The molecule has 0 radical (unpaired) electrons. The second-order valence-electron chi connectivity index (χ2n) is 4.24. The predicted octanol–water partition coefficient (Wildman–Crippen LogP) is 2.97. The highest BCUT2D eigenvalue weighted by molar-refractivity contribution is 5.90. The molecule has 0 amide bonds. The summed E-state index contributed by atoms with van der Waals surface area (Å²) in [7, 11) is 0.